The third kappa shape index (κ3) is 4.56. The molecule has 6 heteroatoms. The molecule has 154 valence electrons. The lowest BCUT2D eigenvalue weighted by Crippen LogP contribution is -2.32. The van der Waals surface area contributed by atoms with Crippen molar-refractivity contribution >= 4 is 34.9 Å². The van der Waals surface area contributed by atoms with Crippen molar-refractivity contribution < 1.29 is 14.3 Å². The molecule has 2 N–H and O–H groups in total. The number of benzene rings is 2. The fourth-order valence-electron chi connectivity index (χ4n) is 3.45. The number of nitrogens with two attached hydrogens (primary N) is 1. The summed E-state index contributed by atoms with van der Waals surface area (Å²) >= 11 is 6.25. The summed E-state index contributed by atoms with van der Waals surface area (Å²) in [5.74, 6) is -0.378. The van der Waals surface area contributed by atoms with Crippen molar-refractivity contribution in [3.8, 4) is 0 Å². The van der Waals surface area contributed by atoms with Gasteiger partial charge in [-0.25, -0.2) is 0 Å². The molecule has 5 nitrogen and oxygen atoms in total. The van der Waals surface area contributed by atoms with E-state index in [0.717, 1.165) is 16.8 Å². The zero-order chi connectivity index (χ0) is 21.3. The number of aryl methyl sites for hydroxylation is 1. The van der Waals surface area contributed by atoms with Gasteiger partial charge in [0.2, 0.25) is 0 Å². The highest BCUT2D eigenvalue weighted by Crippen LogP contribution is 2.39. The van der Waals surface area contributed by atoms with Gasteiger partial charge in [0.25, 0.3) is 5.91 Å². The normalized spacial score (nSPS) is 16.7. The minimum absolute atomic E-state index is 0.103. The second-order valence-electron chi connectivity index (χ2n) is 8.52. The van der Waals surface area contributed by atoms with E-state index in [4.69, 9.17) is 22.1 Å². The highest BCUT2D eigenvalue weighted by molar-refractivity contribution is 6.30. The number of anilines is 2. The smallest absolute Gasteiger partial charge is 0.311 e. The van der Waals surface area contributed by atoms with Crippen molar-refractivity contribution in [2.24, 2.45) is 5.41 Å². The molecular weight excluding hydrogens is 388 g/mol. The predicted molar refractivity (Wildman–Crippen MR) is 116 cm³/mol. The molecule has 0 saturated heterocycles. The number of nitrogen functional groups attached to an aromatic ring is 1. The number of halogens is 1. The number of fused-ring (bicyclic) bond motifs is 1. The van der Waals surface area contributed by atoms with Crippen molar-refractivity contribution in [2.75, 3.05) is 17.2 Å². The van der Waals surface area contributed by atoms with Crippen LogP contribution in [0.4, 0.5) is 11.4 Å². The molecule has 1 unspecified atom stereocenters. The van der Waals surface area contributed by atoms with Crippen LogP contribution in [0.5, 0.6) is 0 Å². The van der Waals surface area contributed by atoms with E-state index >= 15 is 0 Å². The molecule has 0 spiro atoms. The lowest BCUT2D eigenvalue weighted by Gasteiger charge is -2.26. The van der Waals surface area contributed by atoms with Gasteiger partial charge < -0.3 is 15.4 Å². The average Bonchev–Trinajstić information content (AvgIpc) is 2.80. The van der Waals surface area contributed by atoms with Crippen LogP contribution < -0.4 is 10.6 Å². The minimum Gasteiger partial charge on any atom is -0.457 e. The summed E-state index contributed by atoms with van der Waals surface area (Å²) < 4.78 is 5.84. The first kappa shape index (κ1) is 21.2. The summed E-state index contributed by atoms with van der Waals surface area (Å²) in [7, 11) is 0. The number of esters is 1. The lowest BCUT2D eigenvalue weighted by molar-refractivity contribution is -0.159. The van der Waals surface area contributed by atoms with Gasteiger partial charge in [0.05, 0.1) is 11.1 Å². The molecule has 0 aliphatic carbocycles. The number of ether oxygens (including phenoxy) is 1. The van der Waals surface area contributed by atoms with Crippen LogP contribution in [0.3, 0.4) is 0 Å². The van der Waals surface area contributed by atoms with Gasteiger partial charge in [-0.2, -0.15) is 0 Å². The maximum Gasteiger partial charge on any atom is 0.311 e. The largest absolute Gasteiger partial charge is 0.457 e. The van der Waals surface area contributed by atoms with Gasteiger partial charge in [0, 0.05) is 28.4 Å². The molecule has 3 rings (SSSR count). The number of hydrogen-bond donors (Lipinski definition) is 1. The maximum atomic E-state index is 13.4. The summed E-state index contributed by atoms with van der Waals surface area (Å²) in [6.07, 6.45) is 0.883. The number of carbonyl (C=O) groups excluding carboxylic acids is 2. The quantitative estimate of drug-likeness (QED) is 0.534. The zero-order valence-electron chi connectivity index (χ0n) is 17.3. The number of nitrogens with zero attached hydrogens (tertiary/aromatic N) is 1. The highest BCUT2D eigenvalue weighted by Gasteiger charge is 2.32. The molecular formula is C23H27ClN2O3. The van der Waals surface area contributed by atoms with E-state index in [1.807, 2.05) is 33.8 Å². The Morgan fingerprint density at radius 2 is 1.90 bits per heavy atom. The second-order valence-corrected chi connectivity index (χ2v) is 8.96. The van der Waals surface area contributed by atoms with Crippen molar-refractivity contribution in [3.63, 3.8) is 0 Å². The molecule has 0 aromatic heterocycles. The Morgan fingerprint density at radius 3 is 2.55 bits per heavy atom. The van der Waals surface area contributed by atoms with E-state index < -0.39 is 11.5 Å². The average molecular weight is 415 g/mol. The lowest BCUT2D eigenvalue weighted by atomic mass is 9.96. The molecule has 2 aromatic rings. The van der Waals surface area contributed by atoms with Crippen LogP contribution in [0.15, 0.2) is 36.4 Å². The van der Waals surface area contributed by atoms with Gasteiger partial charge in [0.1, 0.15) is 6.10 Å². The van der Waals surface area contributed by atoms with Crippen LogP contribution in [0.1, 0.15) is 61.2 Å². The summed E-state index contributed by atoms with van der Waals surface area (Å²) in [4.78, 5) is 27.6. The molecule has 1 aliphatic heterocycles. The Kier molecular flexibility index (Phi) is 5.90. The van der Waals surface area contributed by atoms with Crippen LogP contribution in [-0.2, 0) is 9.53 Å². The first-order chi connectivity index (χ1) is 13.6. The molecule has 1 aliphatic rings. The van der Waals surface area contributed by atoms with Crippen LogP contribution in [-0.4, -0.2) is 18.4 Å². The summed E-state index contributed by atoms with van der Waals surface area (Å²) in [6.45, 7) is 7.87. The predicted octanol–water partition coefficient (Wildman–Crippen LogP) is 5.30. The van der Waals surface area contributed by atoms with E-state index in [0.29, 0.717) is 35.7 Å². The Labute approximate surface area is 176 Å². The van der Waals surface area contributed by atoms with Crippen molar-refractivity contribution in [1.29, 1.82) is 0 Å². The molecule has 1 amide bonds. The Morgan fingerprint density at radius 1 is 1.17 bits per heavy atom. The fourth-order valence-corrected chi connectivity index (χ4v) is 3.63. The molecule has 0 radical (unpaired) electrons. The molecule has 0 bridgehead atoms. The molecule has 1 heterocycles. The zero-order valence-corrected chi connectivity index (χ0v) is 18.0. The van der Waals surface area contributed by atoms with Crippen molar-refractivity contribution in [2.45, 2.75) is 46.6 Å². The van der Waals surface area contributed by atoms with E-state index in [2.05, 4.69) is 0 Å². The number of rotatable bonds is 2. The summed E-state index contributed by atoms with van der Waals surface area (Å²) in [5, 5.41) is 0.540. The molecule has 0 saturated carbocycles. The molecule has 29 heavy (non-hydrogen) atoms. The van der Waals surface area contributed by atoms with Gasteiger partial charge in [-0.1, -0.05) is 11.6 Å². The third-order valence-corrected chi connectivity index (χ3v) is 5.30. The van der Waals surface area contributed by atoms with Crippen LogP contribution in [0, 0.1) is 12.3 Å². The van der Waals surface area contributed by atoms with Crippen LogP contribution >= 0.6 is 11.6 Å². The number of hydrogen-bond acceptors (Lipinski definition) is 4. The standard InChI is InChI=1S/C23H27ClN2O3/c1-14-12-16(25)8-9-17(14)21(27)26-11-5-6-20(29-22(28)23(2,3)4)18-13-15(24)7-10-19(18)26/h7-10,12-13,20H,5-6,11,25H2,1-4H3. The SMILES string of the molecule is Cc1cc(N)ccc1C(=O)N1CCCC(OC(=O)C(C)(C)C)c2cc(Cl)ccc21. The van der Waals surface area contributed by atoms with Crippen molar-refractivity contribution in [1.82, 2.24) is 0 Å². The topological polar surface area (TPSA) is 72.6 Å². The summed E-state index contributed by atoms with van der Waals surface area (Å²) in [5.41, 5.74) is 8.75. The number of carbonyl (C=O) groups is 2. The Bertz CT molecular complexity index is 950. The van der Waals surface area contributed by atoms with Gasteiger partial charge in [-0.05, 0) is 82.5 Å². The van der Waals surface area contributed by atoms with Crippen LogP contribution in [0.2, 0.25) is 5.02 Å². The van der Waals surface area contributed by atoms with Crippen molar-refractivity contribution in [3.05, 3.63) is 58.1 Å². The van der Waals surface area contributed by atoms with Gasteiger partial charge in [-0.3, -0.25) is 9.59 Å². The Balaban J connectivity index is 2.01. The third-order valence-electron chi connectivity index (χ3n) is 5.06. The minimum atomic E-state index is -0.609. The van der Waals surface area contributed by atoms with E-state index in [1.165, 1.54) is 0 Å². The summed E-state index contributed by atoms with van der Waals surface area (Å²) in [6, 6.07) is 10.6. The fraction of sp³-hybridized carbons (Fsp3) is 0.391. The van der Waals surface area contributed by atoms with Crippen LogP contribution in [0.25, 0.3) is 0 Å². The molecule has 1 atom stereocenters. The first-order valence-corrected chi connectivity index (χ1v) is 10.1. The van der Waals surface area contributed by atoms with E-state index in [1.54, 1.807) is 35.2 Å². The second kappa shape index (κ2) is 8.07. The van der Waals surface area contributed by atoms with E-state index in [-0.39, 0.29) is 11.9 Å². The van der Waals surface area contributed by atoms with Gasteiger partial charge in [-0.15, -0.1) is 0 Å². The monoisotopic (exact) mass is 414 g/mol. The number of amides is 1. The Hall–Kier alpha value is -2.53. The molecule has 2 aromatic carbocycles. The first-order valence-electron chi connectivity index (χ1n) is 9.76. The molecule has 0 fully saturated rings. The maximum absolute atomic E-state index is 13.4. The van der Waals surface area contributed by atoms with Gasteiger partial charge >= 0.3 is 5.97 Å². The van der Waals surface area contributed by atoms with Gasteiger partial charge in [0.15, 0.2) is 0 Å². The highest BCUT2D eigenvalue weighted by atomic mass is 35.5. The van der Waals surface area contributed by atoms with E-state index in [9.17, 15) is 9.59 Å².